The Morgan fingerprint density at radius 2 is 1.68 bits per heavy atom. The van der Waals surface area contributed by atoms with Gasteiger partial charge in [-0.1, -0.05) is 6.07 Å². The second kappa shape index (κ2) is 16.2. The van der Waals surface area contributed by atoms with Crippen molar-refractivity contribution in [3.63, 3.8) is 0 Å². The van der Waals surface area contributed by atoms with Gasteiger partial charge in [0.05, 0.1) is 36.8 Å². The first-order valence-electron chi connectivity index (χ1n) is 16.3. The van der Waals surface area contributed by atoms with Crippen LogP contribution in [0.3, 0.4) is 0 Å². The minimum atomic E-state index is -4.55. The topological polar surface area (TPSA) is 161 Å². The van der Waals surface area contributed by atoms with Crippen molar-refractivity contribution in [3.05, 3.63) is 89.4 Å². The maximum atomic E-state index is 12.9. The highest BCUT2D eigenvalue weighted by Gasteiger charge is 2.39. The number of rotatable bonds is 11. The fraction of sp³-hybridized carbons (Fsp3) is 0.257. The number of hydrogen-bond donors (Lipinski definition) is 4. The molecule has 276 valence electrons. The Balaban J connectivity index is 0.907. The molecule has 2 fully saturated rings. The van der Waals surface area contributed by atoms with Crippen LogP contribution in [-0.4, -0.2) is 90.8 Å². The number of urea groups is 2. The summed E-state index contributed by atoms with van der Waals surface area (Å²) in [5.74, 6) is -0.510. The van der Waals surface area contributed by atoms with Crippen LogP contribution >= 0.6 is 11.3 Å². The highest BCUT2D eigenvalue weighted by Crippen LogP contribution is 2.31. The number of aromatic nitrogens is 1. The molecule has 2 aliphatic heterocycles. The van der Waals surface area contributed by atoms with E-state index in [1.54, 1.807) is 31.4 Å². The number of ether oxygens (including phenoxy) is 1. The Hall–Kier alpha value is -5.85. The first kappa shape index (κ1) is 36.9. The summed E-state index contributed by atoms with van der Waals surface area (Å²) >= 11 is 1.53. The van der Waals surface area contributed by atoms with Gasteiger partial charge in [-0.3, -0.25) is 19.4 Å². The zero-order valence-electron chi connectivity index (χ0n) is 28.2. The molecule has 2 saturated heterocycles. The molecular weight excluding hydrogens is 716 g/mol. The van der Waals surface area contributed by atoms with Gasteiger partial charge in [0.1, 0.15) is 16.8 Å². The van der Waals surface area contributed by atoms with E-state index in [0.717, 1.165) is 51.6 Å². The van der Waals surface area contributed by atoms with E-state index in [2.05, 4.69) is 31.4 Å². The molecule has 4 aromatic rings. The van der Waals surface area contributed by atoms with Gasteiger partial charge in [0.15, 0.2) is 0 Å². The van der Waals surface area contributed by atoms with Crippen LogP contribution in [0.25, 0.3) is 10.6 Å². The number of piperazine rings is 1. The smallest absolute Gasteiger partial charge is 0.416 e. The molecule has 6 amide bonds. The molecule has 1 atom stereocenters. The van der Waals surface area contributed by atoms with Crippen molar-refractivity contribution in [3.8, 4) is 16.3 Å². The van der Waals surface area contributed by atoms with E-state index in [-0.39, 0.29) is 18.3 Å². The Kier molecular flexibility index (Phi) is 11.3. The Labute approximate surface area is 305 Å². The third-order valence-electron chi connectivity index (χ3n) is 8.32. The molecule has 0 spiro atoms. The van der Waals surface area contributed by atoms with Crippen molar-refractivity contribution >= 4 is 58.5 Å². The lowest BCUT2D eigenvalue weighted by molar-refractivity contribution is -0.137. The van der Waals surface area contributed by atoms with E-state index >= 15 is 0 Å². The molecule has 2 aliphatic rings. The standard InChI is InChI=1S/C35H34F3N9O5S/c1-52-28-4-2-3-25(17-28)42-33(50)41-24-9-5-22(6-10-24)31-40-26(21-53-31)19-45-13-15-46(16-14-45)20-30(48)44-39-18-29-32(49)47(34(51)43-29)27-11-7-23(8-12-27)35(36,37)38/h2-12,17-18,21,29H,13-16,19-20H2,1H3,(H,43,51)(H,44,48)(H2,41,42,50)/b39-18+. The van der Waals surface area contributed by atoms with E-state index in [1.807, 2.05) is 34.5 Å². The van der Waals surface area contributed by atoms with Gasteiger partial charge in [-0.05, 0) is 60.7 Å². The van der Waals surface area contributed by atoms with E-state index in [1.165, 1.54) is 11.3 Å². The summed E-state index contributed by atoms with van der Waals surface area (Å²) in [6, 6.07) is 15.7. The number of hydrogen-bond acceptors (Lipinski definition) is 10. The Bertz CT molecular complexity index is 1980. The van der Waals surface area contributed by atoms with Crippen LogP contribution in [-0.2, 0) is 22.3 Å². The number of hydrazone groups is 1. The molecule has 18 heteroatoms. The lowest BCUT2D eigenvalue weighted by Gasteiger charge is -2.33. The quantitative estimate of drug-likeness (QED) is 0.0965. The molecule has 0 aliphatic carbocycles. The molecule has 6 rings (SSSR count). The van der Waals surface area contributed by atoms with E-state index < -0.39 is 35.6 Å². The molecule has 1 aromatic heterocycles. The molecule has 0 radical (unpaired) electrons. The average Bonchev–Trinajstić information content (AvgIpc) is 3.71. The van der Waals surface area contributed by atoms with Gasteiger partial charge in [0, 0.05) is 61.1 Å². The number of nitrogens with one attached hydrogen (secondary N) is 4. The van der Waals surface area contributed by atoms with E-state index in [4.69, 9.17) is 9.72 Å². The lowest BCUT2D eigenvalue weighted by Crippen LogP contribution is -2.48. The van der Waals surface area contributed by atoms with Crippen molar-refractivity contribution < 1.29 is 37.1 Å². The first-order chi connectivity index (χ1) is 25.4. The predicted octanol–water partition coefficient (Wildman–Crippen LogP) is 4.83. The minimum absolute atomic E-state index is 0.0246. The van der Waals surface area contributed by atoms with Gasteiger partial charge in [-0.25, -0.2) is 24.9 Å². The second-order valence-corrected chi connectivity index (χ2v) is 12.9. The fourth-order valence-electron chi connectivity index (χ4n) is 5.60. The minimum Gasteiger partial charge on any atom is -0.497 e. The largest absolute Gasteiger partial charge is 0.497 e. The maximum absolute atomic E-state index is 12.9. The highest BCUT2D eigenvalue weighted by molar-refractivity contribution is 7.13. The van der Waals surface area contributed by atoms with Gasteiger partial charge in [0.2, 0.25) is 0 Å². The summed E-state index contributed by atoms with van der Waals surface area (Å²) in [6.45, 7) is 3.41. The summed E-state index contributed by atoms with van der Waals surface area (Å²) in [7, 11) is 1.56. The monoisotopic (exact) mass is 749 g/mol. The number of alkyl halides is 3. The predicted molar refractivity (Wildman–Crippen MR) is 193 cm³/mol. The molecular formula is C35H34F3N9O5S. The molecule has 0 saturated carbocycles. The summed E-state index contributed by atoms with van der Waals surface area (Å²) < 4.78 is 43.8. The van der Waals surface area contributed by atoms with Crippen molar-refractivity contribution in [2.45, 2.75) is 18.8 Å². The number of methoxy groups -OCH3 is 1. The highest BCUT2D eigenvalue weighted by atomic mass is 32.1. The van der Waals surface area contributed by atoms with Crippen molar-refractivity contribution in [1.82, 2.24) is 25.5 Å². The third kappa shape index (κ3) is 9.53. The van der Waals surface area contributed by atoms with Crippen LogP contribution in [0.15, 0.2) is 83.3 Å². The number of benzene rings is 3. The van der Waals surface area contributed by atoms with Gasteiger partial charge >= 0.3 is 18.2 Å². The van der Waals surface area contributed by atoms with Gasteiger partial charge in [-0.2, -0.15) is 18.3 Å². The van der Waals surface area contributed by atoms with E-state index in [0.29, 0.717) is 49.8 Å². The van der Waals surface area contributed by atoms with Crippen LogP contribution in [0, 0.1) is 0 Å². The first-order valence-corrected chi connectivity index (χ1v) is 17.2. The van der Waals surface area contributed by atoms with Gasteiger partial charge in [0.25, 0.3) is 11.8 Å². The average molecular weight is 750 g/mol. The van der Waals surface area contributed by atoms with E-state index in [9.17, 15) is 32.3 Å². The van der Waals surface area contributed by atoms with Crippen LogP contribution in [0.1, 0.15) is 11.3 Å². The molecule has 3 aromatic carbocycles. The number of halogens is 3. The summed E-state index contributed by atoms with van der Waals surface area (Å²) in [5.41, 5.74) is 4.52. The number of anilines is 3. The number of amides is 6. The molecule has 14 nitrogen and oxygen atoms in total. The number of imide groups is 1. The summed E-state index contributed by atoms with van der Waals surface area (Å²) in [4.78, 5) is 59.7. The van der Waals surface area contributed by atoms with Gasteiger partial charge < -0.3 is 20.7 Å². The van der Waals surface area contributed by atoms with Crippen molar-refractivity contribution in [2.75, 3.05) is 55.4 Å². The SMILES string of the molecule is COc1cccc(NC(=O)Nc2ccc(-c3nc(CN4CCN(CC(=O)N/N=C/C5NC(=O)N(c6ccc(C(F)(F)F)cc6)C5=O)CC4)cs3)cc2)c1. The van der Waals surface area contributed by atoms with Crippen LogP contribution in [0.5, 0.6) is 5.75 Å². The number of thiazole rings is 1. The number of nitrogens with zero attached hydrogens (tertiary/aromatic N) is 5. The van der Waals surface area contributed by atoms with Crippen molar-refractivity contribution in [2.24, 2.45) is 5.10 Å². The zero-order chi connectivity index (χ0) is 37.5. The molecule has 53 heavy (non-hydrogen) atoms. The maximum Gasteiger partial charge on any atom is 0.416 e. The third-order valence-corrected chi connectivity index (χ3v) is 9.26. The molecule has 0 bridgehead atoms. The fourth-order valence-corrected chi connectivity index (χ4v) is 6.42. The second-order valence-electron chi connectivity index (χ2n) is 12.0. The normalized spacial score (nSPS) is 16.8. The lowest BCUT2D eigenvalue weighted by atomic mass is 10.2. The summed E-state index contributed by atoms with van der Waals surface area (Å²) in [6.07, 6.45) is -3.49. The van der Waals surface area contributed by atoms with Crippen molar-refractivity contribution in [1.29, 1.82) is 0 Å². The molecule has 4 N–H and O–H groups in total. The van der Waals surface area contributed by atoms with Crippen LogP contribution in [0.2, 0.25) is 0 Å². The number of carbonyl (C=O) groups is 4. The van der Waals surface area contributed by atoms with Crippen LogP contribution in [0.4, 0.5) is 39.8 Å². The molecule has 3 heterocycles. The molecule has 1 unspecified atom stereocenters. The van der Waals surface area contributed by atoms with Gasteiger partial charge in [-0.15, -0.1) is 11.3 Å². The summed E-state index contributed by atoms with van der Waals surface area (Å²) in [5, 5.41) is 14.7. The Morgan fingerprint density at radius 3 is 2.38 bits per heavy atom. The number of carbonyl (C=O) groups excluding carboxylic acids is 4. The zero-order valence-corrected chi connectivity index (χ0v) is 29.0. The Morgan fingerprint density at radius 1 is 0.981 bits per heavy atom. The van der Waals surface area contributed by atoms with Crippen LogP contribution < -0.4 is 31.0 Å².